The molecular weight excluding hydrogens is 374 g/mol. The number of halogens is 6. The number of fused-ring (bicyclic) bond motifs is 1. The van der Waals surface area contributed by atoms with Crippen LogP contribution in [0.4, 0.5) is 32.2 Å². The summed E-state index contributed by atoms with van der Waals surface area (Å²) in [4.78, 5) is 3.89. The molecule has 0 bridgehead atoms. The summed E-state index contributed by atoms with van der Waals surface area (Å²) in [5.41, 5.74) is -1.95. The van der Waals surface area contributed by atoms with Crippen LogP contribution in [-0.4, -0.2) is 14.6 Å². The highest BCUT2D eigenvalue weighted by molar-refractivity contribution is 5.55. The summed E-state index contributed by atoms with van der Waals surface area (Å²) in [6.45, 7) is 0. The average molecular weight is 386 g/mol. The average Bonchev–Trinajstić information content (AvgIpc) is 3.20. The molecular formula is C17H12F6N4. The molecule has 0 amide bonds. The molecule has 0 aliphatic heterocycles. The van der Waals surface area contributed by atoms with Crippen molar-refractivity contribution in [2.45, 2.75) is 31.0 Å². The first kappa shape index (κ1) is 17.6. The first-order valence-electron chi connectivity index (χ1n) is 7.97. The number of rotatable bonds is 4. The van der Waals surface area contributed by atoms with Crippen LogP contribution in [0.3, 0.4) is 0 Å². The Morgan fingerprint density at radius 2 is 1.85 bits per heavy atom. The number of nitrogens with zero attached hydrogens (tertiary/aromatic N) is 3. The quantitative estimate of drug-likeness (QED) is 0.647. The highest BCUT2D eigenvalue weighted by atomic mass is 19.4. The zero-order valence-electron chi connectivity index (χ0n) is 13.6. The van der Waals surface area contributed by atoms with Gasteiger partial charge in [0.15, 0.2) is 5.65 Å². The summed E-state index contributed by atoms with van der Waals surface area (Å²) in [5, 5.41) is 7.00. The summed E-state index contributed by atoms with van der Waals surface area (Å²) >= 11 is 0. The maximum absolute atomic E-state index is 13.9. The van der Waals surface area contributed by atoms with Crippen molar-refractivity contribution < 1.29 is 26.3 Å². The van der Waals surface area contributed by atoms with Gasteiger partial charge in [-0.25, -0.2) is 18.2 Å². The van der Waals surface area contributed by atoms with Gasteiger partial charge in [0.25, 0.3) is 6.43 Å². The van der Waals surface area contributed by atoms with Crippen molar-refractivity contribution in [3.8, 4) is 0 Å². The van der Waals surface area contributed by atoms with Crippen LogP contribution >= 0.6 is 0 Å². The number of benzene rings is 1. The van der Waals surface area contributed by atoms with Gasteiger partial charge in [-0.05, 0) is 42.7 Å². The molecule has 0 radical (unpaired) electrons. The van der Waals surface area contributed by atoms with Gasteiger partial charge in [0.1, 0.15) is 18.0 Å². The van der Waals surface area contributed by atoms with Gasteiger partial charge in [-0.3, -0.25) is 0 Å². The maximum atomic E-state index is 13.9. The Kier molecular flexibility index (Phi) is 3.83. The Morgan fingerprint density at radius 3 is 2.44 bits per heavy atom. The van der Waals surface area contributed by atoms with Crippen molar-refractivity contribution in [3.05, 3.63) is 59.2 Å². The molecule has 10 heteroatoms. The van der Waals surface area contributed by atoms with Crippen LogP contribution in [0.15, 0.2) is 36.7 Å². The molecule has 27 heavy (non-hydrogen) atoms. The summed E-state index contributed by atoms with van der Waals surface area (Å²) in [7, 11) is 0. The molecule has 1 saturated carbocycles. The van der Waals surface area contributed by atoms with Crippen LogP contribution in [0.2, 0.25) is 0 Å². The van der Waals surface area contributed by atoms with E-state index in [0.29, 0.717) is 24.5 Å². The molecule has 1 N–H and O–H groups in total. The first-order valence-corrected chi connectivity index (χ1v) is 7.97. The zero-order valence-corrected chi connectivity index (χ0v) is 13.6. The molecule has 1 aromatic carbocycles. The maximum Gasteiger partial charge on any atom is 0.419 e. The fourth-order valence-corrected chi connectivity index (χ4v) is 3.06. The molecule has 0 spiro atoms. The number of pyridine rings is 1. The van der Waals surface area contributed by atoms with E-state index in [1.807, 2.05) is 0 Å². The number of aromatic nitrogens is 3. The van der Waals surface area contributed by atoms with Gasteiger partial charge < -0.3 is 5.32 Å². The molecule has 4 rings (SSSR count). The van der Waals surface area contributed by atoms with Crippen molar-refractivity contribution in [1.82, 2.24) is 14.6 Å². The van der Waals surface area contributed by atoms with Crippen molar-refractivity contribution in [2.24, 2.45) is 0 Å². The minimum Gasteiger partial charge on any atom is -0.360 e. The highest BCUT2D eigenvalue weighted by Crippen LogP contribution is 2.49. The van der Waals surface area contributed by atoms with E-state index in [2.05, 4.69) is 15.4 Å². The van der Waals surface area contributed by atoms with Gasteiger partial charge in [0.05, 0.1) is 11.1 Å². The summed E-state index contributed by atoms with van der Waals surface area (Å²) < 4.78 is 79.8. The van der Waals surface area contributed by atoms with Crippen LogP contribution in [0.25, 0.3) is 5.65 Å². The standard InChI is InChI=1S/C17H12F6N4/c18-12-7-10(1-2-11(12)17(21,22)23)16(3-4-16)26-14-6-9(15(19)20)5-13-24-8-25-27(13)14/h1-2,5-8,15,26H,3-4H2. The SMILES string of the molecule is Fc1cc(C2(Nc3cc(C(F)F)cc4ncnn34)CC2)ccc1C(F)(F)F. The van der Waals surface area contributed by atoms with Gasteiger partial charge in [0.2, 0.25) is 0 Å². The lowest BCUT2D eigenvalue weighted by atomic mass is 10.0. The third kappa shape index (κ3) is 3.08. The van der Waals surface area contributed by atoms with E-state index >= 15 is 0 Å². The Morgan fingerprint density at radius 1 is 1.11 bits per heavy atom. The summed E-state index contributed by atoms with van der Waals surface area (Å²) in [5.74, 6) is -1.17. The second kappa shape index (κ2) is 5.86. The van der Waals surface area contributed by atoms with Crippen LogP contribution in [0, 0.1) is 5.82 Å². The Balaban J connectivity index is 1.72. The monoisotopic (exact) mass is 386 g/mol. The van der Waals surface area contributed by atoms with Gasteiger partial charge in [-0.1, -0.05) is 6.07 Å². The molecule has 1 aliphatic rings. The molecule has 0 saturated heterocycles. The number of anilines is 1. The number of hydrogen-bond acceptors (Lipinski definition) is 3. The van der Waals surface area contributed by atoms with Crippen LogP contribution in [0.5, 0.6) is 0 Å². The number of alkyl halides is 5. The van der Waals surface area contributed by atoms with E-state index in [1.54, 1.807) is 0 Å². The second-order valence-electron chi connectivity index (χ2n) is 6.40. The van der Waals surface area contributed by atoms with E-state index in [1.165, 1.54) is 29.0 Å². The molecule has 142 valence electrons. The largest absolute Gasteiger partial charge is 0.419 e. The normalized spacial score (nSPS) is 16.1. The molecule has 3 aromatic rings. The molecule has 2 aromatic heterocycles. The van der Waals surface area contributed by atoms with Crippen molar-refractivity contribution in [3.63, 3.8) is 0 Å². The third-order valence-electron chi connectivity index (χ3n) is 4.60. The topological polar surface area (TPSA) is 42.2 Å². The summed E-state index contributed by atoms with van der Waals surface area (Å²) in [6.07, 6.45) is -5.30. The highest BCUT2D eigenvalue weighted by Gasteiger charge is 2.46. The lowest BCUT2D eigenvalue weighted by Gasteiger charge is -2.21. The summed E-state index contributed by atoms with van der Waals surface area (Å²) in [6, 6.07) is 5.11. The zero-order chi connectivity index (χ0) is 19.4. The van der Waals surface area contributed by atoms with Gasteiger partial charge in [0, 0.05) is 5.56 Å². The fourth-order valence-electron chi connectivity index (χ4n) is 3.06. The predicted molar refractivity (Wildman–Crippen MR) is 83.9 cm³/mol. The van der Waals surface area contributed by atoms with Crippen molar-refractivity contribution in [1.29, 1.82) is 0 Å². The Hall–Kier alpha value is -2.78. The number of nitrogens with one attached hydrogen (secondary N) is 1. The Bertz CT molecular complexity index is 1010. The van der Waals surface area contributed by atoms with E-state index in [4.69, 9.17) is 0 Å². The van der Waals surface area contributed by atoms with Gasteiger partial charge in [-0.15, -0.1) is 0 Å². The fraction of sp³-hybridized carbons (Fsp3) is 0.294. The minimum absolute atomic E-state index is 0.199. The second-order valence-corrected chi connectivity index (χ2v) is 6.40. The first-order chi connectivity index (χ1) is 12.7. The van der Waals surface area contributed by atoms with E-state index in [0.717, 1.165) is 6.07 Å². The third-order valence-corrected chi connectivity index (χ3v) is 4.60. The lowest BCUT2D eigenvalue weighted by molar-refractivity contribution is -0.140. The molecule has 1 aliphatic carbocycles. The van der Waals surface area contributed by atoms with Crippen LogP contribution in [0.1, 0.15) is 36.0 Å². The van der Waals surface area contributed by atoms with E-state index < -0.39 is 29.5 Å². The lowest BCUT2D eigenvalue weighted by Crippen LogP contribution is -2.22. The van der Waals surface area contributed by atoms with E-state index in [9.17, 15) is 26.3 Å². The van der Waals surface area contributed by atoms with Crippen molar-refractivity contribution in [2.75, 3.05) is 5.32 Å². The number of hydrogen-bond donors (Lipinski definition) is 1. The molecule has 2 heterocycles. The molecule has 0 atom stereocenters. The van der Waals surface area contributed by atoms with Crippen LogP contribution in [-0.2, 0) is 11.7 Å². The molecule has 1 fully saturated rings. The minimum atomic E-state index is -4.79. The van der Waals surface area contributed by atoms with Gasteiger partial charge >= 0.3 is 6.18 Å². The molecule has 0 unspecified atom stereocenters. The predicted octanol–water partition coefficient (Wildman–Crippen LogP) is 4.93. The van der Waals surface area contributed by atoms with Crippen LogP contribution < -0.4 is 5.32 Å². The van der Waals surface area contributed by atoms with E-state index in [-0.39, 0.29) is 17.0 Å². The van der Waals surface area contributed by atoms with Gasteiger partial charge in [-0.2, -0.15) is 22.8 Å². The smallest absolute Gasteiger partial charge is 0.360 e. The molecule has 4 nitrogen and oxygen atoms in total. The Labute approximate surface area is 148 Å². The van der Waals surface area contributed by atoms with Crippen molar-refractivity contribution >= 4 is 11.5 Å².